The maximum atomic E-state index is 12.2. The minimum atomic E-state index is -0.517. The zero-order valence-corrected chi connectivity index (χ0v) is 16.4. The molecule has 0 unspecified atom stereocenters. The van der Waals surface area contributed by atoms with Gasteiger partial charge in [-0.15, -0.1) is 11.3 Å². The van der Waals surface area contributed by atoms with Crippen LogP contribution in [-0.4, -0.2) is 28.0 Å². The Balaban J connectivity index is 2.05. The number of esters is 1. The van der Waals surface area contributed by atoms with Crippen LogP contribution in [0, 0.1) is 10.1 Å². The zero-order chi connectivity index (χ0) is 20.1. The average molecular weight is 417 g/mol. The van der Waals surface area contributed by atoms with Crippen molar-refractivity contribution in [3.05, 3.63) is 61.6 Å². The smallest absolute Gasteiger partial charge is 0.326 e. The molecule has 0 saturated heterocycles. The first-order chi connectivity index (χ1) is 13.5. The van der Waals surface area contributed by atoms with Crippen molar-refractivity contribution in [2.24, 2.45) is 4.99 Å². The lowest BCUT2D eigenvalue weighted by Crippen LogP contribution is -2.22. The van der Waals surface area contributed by atoms with E-state index in [2.05, 4.69) is 4.99 Å². The zero-order valence-electron chi connectivity index (χ0n) is 14.7. The number of carbonyl (C=O) groups is 2. The number of thiazole rings is 1. The van der Waals surface area contributed by atoms with E-state index in [1.807, 2.05) is 17.5 Å². The molecule has 0 aliphatic carbocycles. The fraction of sp³-hybridized carbons (Fsp3) is 0.167. The average Bonchev–Trinajstić information content (AvgIpc) is 3.28. The fourth-order valence-electron chi connectivity index (χ4n) is 2.42. The van der Waals surface area contributed by atoms with Crippen molar-refractivity contribution in [1.29, 1.82) is 0 Å². The van der Waals surface area contributed by atoms with E-state index < -0.39 is 16.8 Å². The molecule has 0 aliphatic heterocycles. The van der Waals surface area contributed by atoms with E-state index in [1.165, 1.54) is 45.4 Å². The van der Waals surface area contributed by atoms with E-state index in [4.69, 9.17) is 4.74 Å². The number of aromatic nitrogens is 1. The van der Waals surface area contributed by atoms with Gasteiger partial charge in [-0.1, -0.05) is 17.4 Å². The van der Waals surface area contributed by atoms with Crippen molar-refractivity contribution < 1.29 is 19.2 Å². The summed E-state index contributed by atoms with van der Waals surface area (Å²) in [5.41, 5.74) is 0.333. The van der Waals surface area contributed by atoms with Crippen molar-refractivity contribution in [3.8, 4) is 0 Å². The molecular weight excluding hydrogens is 402 g/mol. The summed E-state index contributed by atoms with van der Waals surface area (Å²) < 4.78 is 7.10. The van der Waals surface area contributed by atoms with Gasteiger partial charge in [0.1, 0.15) is 6.54 Å². The van der Waals surface area contributed by atoms with Crippen LogP contribution in [0.1, 0.15) is 11.8 Å². The molecule has 0 fully saturated rings. The number of nitro groups is 1. The molecule has 10 heteroatoms. The van der Waals surface area contributed by atoms with Crippen LogP contribution in [-0.2, 0) is 20.9 Å². The Kier molecular flexibility index (Phi) is 6.12. The molecule has 1 amide bonds. The Morgan fingerprint density at radius 3 is 2.86 bits per heavy atom. The van der Waals surface area contributed by atoms with Crippen LogP contribution in [0.15, 0.2) is 46.8 Å². The SMILES string of the molecule is CCOC(=O)Cn1c(=NC(=O)/C=C/c2cccs2)sc2ccc([N+](=O)[O-])cc21. The highest BCUT2D eigenvalue weighted by Gasteiger charge is 2.15. The normalized spacial score (nSPS) is 12.0. The maximum Gasteiger partial charge on any atom is 0.326 e. The summed E-state index contributed by atoms with van der Waals surface area (Å²) >= 11 is 2.66. The van der Waals surface area contributed by atoms with Gasteiger partial charge in [-0.05, 0) is 30.5 Å². The van der Waals surface area contributed by atoms with Crippen LogP contribution in [0.4, 0.5) is 5.69 Å². The quantitative estimate of drug-likeness (QED) is 0.265. The van der Waals surface area contributed by atoms with Crippen molar-refractivity contribution in [2.45, 2.75) is 13.5 Å². The molecule has 0 N–H and O–H groups in total. The second-order valence-corrected chi connectivity index (χ2v) is 7.47. The summed E-state index contributed by atoms with van der Waals surface area (Å²) in [6.07, 6.45) is 3.00. The van der Waals surface area contributed by atoms with Gasteiger partial charge in [0.05, 0.1) is 21.7 Å². The molecule has 28 heavy (non-hydrogen) atoms. The Morgan fingerprint density at radius 1 is 1.36 bits per heavy atom. The molecule has 0 spiro atoms. The van der Waals surface area contributed by atoms with Gasteiger partial charge < -0.3 is 9.30 Å². The van der Waals surface area contributed by atoms with Gasteiger partial charge in [-0.3, -0.25) is 19.7 Å². The highest BCUT2D eigenvalue weighted by atomic mass is 32.1. The Morgan fingerprint density at radius 2 is 2.18 bits per heavy atom. The first-order valence-electron chi connectivity index (χ1n) is 8.21. The van der Waals surface area contributed by atoms with Crippen LogP contribution in [0.2, 0.25) is 0 Å². The van der Waals surface area contributed by atoms with E-state index in [1.54, 1.807) is 19.1 Å². The molecule has 0 atom stereocenters. The molecule has 3 aromatic rings. The van der Waals surface area contributed by atoms with Crippen molar-refractivity contribution in [2.75, 3.05) is 6.61 Å². The van der Waals surface area contributed by atoms with Crippen LogP contribution < -0.4 is 4.80 Å². The van der Waals surface area contributed by atoms with Crippen LogP contribution in [0.5, 0.6) is 0 Å². The monoisotopic (exact) mass is 417 g/mol. The van der Waals surface area contributed by atoms with E-state index in [-0.39, 0.29) is 23.6 Å². The molecule has 0 radical (unpaired) electrons. The van der Waals surface area contributed by atoms with Crippen molar-refractivity contribution in [1.82, 2.24) is 4.57 Å². The number of rotatable bonds is 6. The molecule has 0 aliphatic rings. The summed E-state index contributed by atoms with van der Waals surface area (Å²) in [4.78, 5) is 40.0. The number of hydrogen-bond acceptors (Lipinski definition) is 7. The van der Waals surface area contributed by atoms with Gasteiger partial charge in [-0.25, -0.2) is 0 Å². The molecule has 2 heterocycles. The third-order valence-corrected chi connectivity index (χ3v) is 5.50. The van der Waals surface area contributed by atoms with Crippen LogP contribution in [0.3, 0.4) is 0 Å². The topological polar surface area (TPSA) is 104 Å². The number of amides is 1. The number of carbonyl (C=O) groups excluding carboxylic acids is 2. The molecule has 2 aromatic heterocycles. The number of nitrogens with zero attached hydrogens (tertiary/aromatic N) is 3. The Labute approximate surface area is 167 Å². The lowest BCUT2D eigenvalue weighted by atomic mass is 10.3. The number of nitro benzene ring substituents is 1. The van der Waals surface area contributed by atoms with Gasteiger partial charge in [0.2, 0.25) is 0 Å². The van der Waals surface area contributed by atoms with Crippen molar-refractivity contribution in [3.63, 3.8) is 0 Å². The number of non-ortho nitro benzene ring substituents is 1. The molecule has 0 bridgehead atoms. The number of benzene rings is 1. The highest BCUT2D eigenvalue weighted by Crippen LogP contribution is 2.23. The van der Waals surface area contributed by atoms with Gasteiger partial charge in [-0.2, -0.15) is 4.99 Å². The Bertz CT molecular complexity index is 1130. The summed E-state index contributed by atoms with van der Waals surface area (Å²) in [5.74, 6) is -1.01. The lowest BCUT2D eigenvalue weighted by Gasteiger charge is -2.04. The Hall–Kier alpha value is -3.11. The maximum absolute atomic E-state index is 12.2. The number of thiophene rings is 1. The summed E-state index contributed by atoms with van der Waals surface area (Å²) in [7, 11) is 0. The molecule has 8 nitrogen and oxygen atoms in total. The van der Waals surface area contributed by atoms with Crippen LogP contribution >= 0.6 is 22.7 Å². The minimum absolute atomic E-state index is 0.113. The second-order valence-electron chi connectivity index (χ2n) is 5.48. The first-order valence-corrected chi connectivity index (χ1v) is 9.91. The predicted molar refractivity (Wildman–Crippen MR) is 107 cm³/mol. The molecular formula is C18H15N3O5S2. The van der Waals surface area contributed by atoms with Gasteiger partial charge in [0.25, 0.3) is 11.6 Å². The molecule has 144 valence electrons. The number of hydrogen-bond donors (Lipinski definition) is 0. The van der Waals surface area contributed by atoms with Crippen LogP contribution in [0.25, 0.3) is 16.3 Å². The van der Waals surface area contributed by atoms with Gasteiger partial charge in [0, 0.05) is 23.1 Å². The van der Waals surface area contributed by atoms with E-state index in [0.29, 0.717) is 10.2 Å². The molecule has 3 rings (SSSR count). The third-order valence-electron chi connectivity index (χ3n) is 3.61. The van der Waals surface area contributed by atoms with E-state index >= 15 is 0 Å². The minimum Gasteiger partial charge on any atom is -0.465 e. The van der Waals surface area contributed by atoms with Gasteiger partial charge in [0.15, 0.2) is 4.80 Å². The molecule has 1 aromatic carbocycles. The third kappa shape index (κ3) is 4.59. The fourth-order valence-corrected chi connectivity index (χ4v) is 4.05. The number of fused-ring (bicyclic) bond motifs is 1. The van der Waals surface area contributed by atoms with E-state index in [9.17, 15) is 19.7 Å². The molecule has 0 saturated carbocycles. The first kappa shape index (κ1) is 19.6. The second kappa shape index (κ2) is 8.72. The predicted octanol–water partition coefficient (Wildman–Crippen LogP) is 3.38. The lowest BCUT2D eigenvalue weighted by molar-refractivity contribution is -0.384. The summed E-state index contributed by atoms with van der Waals surface area (Å²) in [5, 5.41) is 13.0. The van der Waals surface area contributed by atoms with Gasteiger partial charge >= 0.3 is 5.97 Å². The van der Waals surface area contributed by atoms with Crippen molar-refractivity contribution >= 4 is 56.5 Å². The highest BCUT2D eigenvalue weighted by molar-refractivity contribution is 7.16. The summed E-state index contributed by atoms with van der Waals surface area (Å²) in [6, 6.07) is 8.04. The van der Waals surface area contributed by atoms with E-state index in [0.717, 1.165) is 4.88 Å². The standard InChI is InChI=1S/C18H15N3O5S2/c1-2-26-17(23)11-20-14-10-12(21(24)25)5-7-15(14)28-18(20)19-16(22)8-6-13-4-3-9-27-13/h3-10H,2,11H2,1H3/b8-6+,19-18?. The summed E-state index contributed by atoms with van der Waals surface area (Å²) in [6.45, 7) is 1.69. The largest absolute Gasteiger partial charge is 0.465 e. The number of ether oxygens (including phenoxy) is 1.